The molecule has 0 spiro atoms. The highest BCUT2D eigenvalue weighted by Crippen LogP contribution is 2.29. The van der Waals surface area contributed by atoms with Crippen LogP contribution in [0.1, 0.15) is 6.42 Å². The molecule has 0 amide bonds. The van der Waals surface area contributed by atoms with Crippen molar-refractivity contribution < 1.29 is 39.7 Å². The zero-order valence-electron chi connectivity index (χ0n) is 12.8. The predicted octanol–water partition coefficient (Wildman–Crippen LogP) is -4.39. The van der Waals surface area contributed by atoms with Gasteiger partial charge in [0.25, 0.3) is 0 Å². The molecule has 0 aromatic heterocycles. The number of hydrogen-bond donors (Lipinski definition) is 7. The summed E-state index contributed by atoms with van der Waals surface area (Å²) in [5.41, 5.74) is 11.2. The number of hydrogen-bond acceptors (Lipinski definition) is 10. The van der Waals surface area contributed by atoms with Gasteiger partial charge in [0, 0.05) is 20.1 Å². The number of aliphatic hydroxyl groups excluding tert-OH is 5. The third-order valence-electron chi connectivity index (χ3n) is 4.50. The molecule has 2 aliphatic rings. The normalized spacial score (nSPS) is 51.7. The molecule has 2 rings (SSSR count). The lowest BCUT2D eigenvalue weighted by Crippen LogP contribution is -2.66. The molecule has 9 N–H and O–H groups in total. The molecular formula is C13H26N2O8. The van der Waals surface area contributed by atoms with E-state index in [-0.39, 0.29) is 13.0 Å². The van der Waals surface area contributed by atoms with Gasteiger partial charge in [0.05, 0.1) is 18.2 Å². The topological polar surface area (TPSA) is 181 Å². The minimum atomic E-state index is -1.43. The minimum Gasteiger partial charge on any atom is -0.390 e. The van der Waals surface area contributed by atoms with E-state index in [1.165, 1.54) is 7.11 Å². The molecule has 10 nitrogen and oxygen atoms in total. The van der Waals surface area contributed by atoms with Crippen LogP contribution in [0.4, 0.5) is 0 Å². The van der Waals surface area contributed by atoms with E-state index in [9.17, 15) is 25.5 Å². The average molecular weight is 338 g/mol. The molecule has 23 heavy (non-hydrogen) atoms. The Bertz CT molecular complexity index is 387. The van der Waals surface area contributed by atoms with E-state index in [4.69, 9.17) is 25.7 Å². The third-order valence-corrected chi connectivity index (χ3v) is 4.50. The van der Waals surface area contributed by atoms with Gasteiger partial charge in [-0.2, -0.15) is 0 Å². The summed E-state index contributed by atoms with van der Waals surface area (Å²) < 4.78 is 15.9. The molecule has 2 fully saturated rings. The van der Waals surface area contributed by atoms with E-state index in [2.05, 4.69) is 0 Å². The Morgan fingerprint density at radius 2 is 1.70 bits per heavy atom. The van der Waals surface area contributed by atoms with Crippen molar-refractivity contribution in [1.29, 1.82) is 0 Å². The predicted molar refractivity (Wildman–Crippen MR) is 76.0 cm³/mol. The van der Waals surface area contributed by atoms with Crippen molar-refractivity contribution in [2.75, 3.05) is 13.7 Å². The number of aliphatic hydroxyl groups is 5. The van der Waals surface area contributed by atoms with Crippen LogP contribution in [0, 0.1) is 0 Å². The Labute approximate surface area is 133 Å². The first-order valence-corrected chi connectivity index (χ1v) is 7.51. The van der Waals surface area contributed by atoms with Crippen molar-refractivity contribution in [1.82, 2.24) is 0 Å². The largest absolute Gasteiger partial charge is 0.390 e. The standard InChI is InChI=1S/C13H26N2O8/c1-21-5-2-4(16)12(11(20)8(5)17)23-13-7(15)10(19)9(18)6(3-14)22-13/h4-13,16-20H,2-3,14-15H2,1H3/t4-,5-,6+,7+,8-,9+,10+,11+,12+,13+/m0/s1. The summed E-state index contributed by atoms with van der Waals surface area (Å²) in [4.78, 5) is 0. The smallest absolute Gasteiger partial charge is 0.176 e. The quantitative estimate of drug-likeness (QED) is 0.264. The lowest BCUT2D eigenvalue weighted by Gasteiger charge is -2.45. The van der Waals surface area contributed by atoms with Crippen molar-refractivity contribution >= 4 is 0 Å². The number of ether oxygens (including phenoxy) is 3. The summed E-state index contributed by atoms with van der Waals surface area (Å²) in [5, 5.41) is 49.9. The maximum absolute atomic E-state index is 10.1. The van der Waals surface area contributed by atoms with E-state index in [1.54, 1.807) is 0 Å². The summed E-state index contributed by atoms with van der Waals surface area (Å²) >= 11 is 0. The van der Waals surface area contributed by atoms with Crippen LogP contribution < -0.4 is 11.5 Å². The van der Waals surface area contributed by atoms with Gasteiger partial charge in [-0.3, -0.25) is 0 Å². The summed E-state index contributed by atoms with van der Waals surface area (Å²) in [5.74, 6) is 0. The molecule has 1 aliphatic heterocycles. The number of rotatable bonds is 4. The van der Waals surface area contributed by atoms with Crippen molar-refractivity contribution in [3.8, 4) is 0 Å². The van der Waals surface area contributed by atoms with Gasteiger partial charge in [-0.1, -0.05) is 0 Å². The highest BCUT2D eigenvalue weighted by molar-refractivity contribution is 4.97. The molecule has 0 aromatic rings. The summed E-state index contributed by atoms with van der Waals surface area (Å²) in [6.07, 6.45) is -10.4. The molecule has 1 heterocycles. The Morgan fingerprint density at radius 1 is 1.04 bits per heavy atom. The maximum atomic E-state index is 10.1. The fourth-order valence-electron chi connectivity index (χ4n) is 2.99. The first kappa shape index (κ1) is 18.9. The van der Waals surface area contributed by atoms with Gasteiger partial charge < -0.3 is 51.2 Å². The van der Waals surface area contributed by atoms with Gasteiger partial charge in [0.15, 0.2) is 6.29 Å². The molecule has 0 unspecified atom stereocenters. The lowest BCUT2D eigenvalue weighted by atomic mass is 9.87. The first-order valence-electron chi connectivity index (χ1n) is 7.51. The van der Waals surface area contributed by atoms with Crippen LogP contribution in [0.2, 0.25) is 0 Å². The van der Waals surface area contributed by atoms with Gasteiger partial charge in [-0.05, 0) is 0 Å². The Kier molecular flexibility index (Phi) is 6.30. The Morgan fingerprint density at radius 3 is 2.26 bits per heavy atom. The van der Waals surface area contributed by atoms with Crippen LogP contribution in [-0.4, -0.2) is 100 Å². The van der Waals surface area contributed by atoms with Gasteiger partial charge in [-0.15, -0.1) is 0 Å². The van der Waals surface area contributed by atoms with Crippen LogP contribution in [0.25, 0.3) is 0 Å². The second-order valence-corrected chi connectivity index (χ2v) is 6.00. The minimum absolute atomic E-state index is 0.0485. The Balaban J connectivity index is 2.08. The molecule has 0 bridgehead atoms. The Hall–Kier alpha value is -0.400. The fourth-order valence-corrected chi connectivity index (χ4v) is 2.99. The number of methoxy groups -OCH3 is 1. The van der Waals surface area contributed by atoms with E-state index in [1.807, 2.05) is 0 Å². The van der Waals surface area contributed by atoms with Crippen LogP contribution in [0.5, 0.6) is 0 Å². The summed E-state index contributed by atoms with van der Waals surface area (Å²) in [6.45, 7) is -0.0745. The third kappa shape index (κ3) is 3.66. The van der Waals surface area contributed by atoms with E-state index < -0.39 is 61.2 Å². The van der Waals surface area contributed by atoms with Crippen molar-refractivity contribution in [3.63, 3.8) is 0 Å². The van der Waals surface area contributed by atoms with Gasteiger partial charge >= 0.3 is 0 Å². The zero-order chi connectivity index (χ0) is 17.3. The van der Waals surface area contributed by atoms with Crippen molar-refractivity contribution in [3.05, 3.63) is 0 Å². The van der Waals surface area contributed by atoms with Crippen LogP contribution in [-0.2, 0) is 14.2 Å². The average Bonchev–Trinajstić information content (AvgIpc) is 2.54. The zero-order valence-corrected chi connectivity index (χ0v) is 12.8. The van der Waals surface area contributed by atoms with Crippen LogP contribution in [0.3, 0.4) is 0 Å². The molecule has 10 heteroatoms. The second-order valence-electron chi connectivity index (χ2n) is 6.00. The van der Waals surface area contributed by atoms with E-state index >= 15 is 0 Å². The maximum Gasteiger partial charge on any atom is 0.176 e. The lowest BCUT2D eigenvalue weighted by molar-refractivity contribution is -0.302. The molecular weight excluding hydrogens is 312 g/mol. The van der Waals surface area contributed by atoms with E-state index in [0.717, 1.165) is 0 Å². The van der Waals surface area contributed by atoms with Gasteiger partial charge in [-0.25, -0.2) is 0 Å². The van der Waals surface area contributed by atoms with Gasteiger partial charge in [0.2, 0.25) is 0 Å². The summed E-state index contributed by atoms with van der Waals surface area (Å²) in [7, 11) is 1.36. The molecule has 136 valence electrons. The monoisotopic (exact) mass is 338 g/mol. The summed E-state index contributed by atoms with van der Waals surface area (Å²) in [6, 6.07) is -1.11. The van der Waals surface area contributed by atoms with Crippen molar-refractivity contribution in [2.24, 2.45) is 11.5 Å². The highest BCUT2D eigenvalue weighted by atomic mass is 16.7. The number of nitrogens with two attached hydrogens (primary N) is 2. The first-order chi connectivity index (χ1) is 10.8. The van der Waals surface area contributed by atoms with E-state index in [0.29, 0.717) is 0 Å². The highest BCUT2D eigenvalue weighted by Gasteiger charge is 2.48. The molecule has 1 saturated carbocycles. The van der Waals surface area contributed by atoms with Crippen molar-refractivity contribution in [2.45, 2.75) is 67.6 Å². The fraction of sp³-hybridized carbons (Fsp3) is 1.00. The second kappa shape index (κ2) is 7.66. The SMILES string of the molecule is CO[C@H]1C[C@H](O)[C@@H](O[C@H]2O[C@H](CN)[C@@H](O)[C@H](O)[C@H]2N)[C@H](O)[C@H]1O. The van der Waals surface area contributed by atoms with Crippen LogP contribution in [0.15, 0.2) is 0 Å². The molecule has 1 aliphatic carbocycles. The molecule has 0 radical (unpaired) electrons. The van der Waals surface area contributed by atoms with Crippen LogP contribution >= 0.6 is 0 Å². The van der Waals surface area contributed by atoms with Gasteiger partial charge in [0.1, 0.15) is 36.6 Å². The molecule has 10 atom stereocenters. The molecule has 0 aromatic carbocycles. The molecule has 1 saturated heterocycles.